The van der Waals surface area contributed by atoms with Crippen molar-refractivity contribution in [3.8, 4) is 0 Å². The Morgan fingerprint density at radius 1 is 1.71 bits per heavy atom. The van der Waals surface area contributed by atoms with Crippen molar-refractivity contribution in [3.05, 3.63) is 39.7 Å². The lowest BCUT2D eigenvalue weighted by molar-refractivity contribution is -0.385. The second kappa shape index (κ2) is 4.72. The van der Waals surface area contributed by atoms with Gasteiger partial charge in [-0.1, -0.05) is 6.08 Å². The number of aryl methyl sites for hydroxylation is 1. The van der Waals surface area contributed by atoms with Crippen molar-refractivity contribution in [2.24, 2.45) is 0 Å². The zero-order valence-corrected chi connectivity index (χ0v) is 8.36. The molecule has 0 saturated heterocycles. The zero-order chi connectivity index (χ0) is 10.6. The third-order valence-electron chi connectivity index (χ3n) is 1.68. The number of hydrogen-bond acceptors (Lipinski definition) is 3. The van der Waals surface area contributed by atoms with Crippen LogP contribution in [0.25, 0.3) is 6.08 Å². The van der Waals surface area contributed by atoms with E-state index in [4.69, 9.17) is 11.6 Å². The van der Waals surface area contributed by atoms with Crippen LogP contribution >= 0.6 is 11.6 Å². The quantitative estimate of drug-likeness (QED) is 0.440. The van der Waals surface area contributed by atoms with Crippen molar-refractivity contribution in [2.45, 2.75) is 6.92 Å². The van der Waals surface area contributed by atoms with Gasteiger partial charge in [-0.25, -0.2) is 4.98 Å². The maximum absolute atomic E-state index is 10.4. The molecule has 1 aromatic rings. The Kier molecular flexibility index (Phi) is 3.59. The van der Waals surface area contributed by atoms with E-state index in [1.807, 2.05) is 0 Å². The molecule has 0 N–H and O–H groups in total. The van der Waals surface area contributed by atoms with Crippen LogP contribution in [0, 0.1) is 17.0 Å². The minimum absolute atomic E-state index is 0.00511. The highest BCUT2D eigenvalue weighted by molar-refractivity contribution is 6.19. The van der Waals surface area contributed by atoms with Gasteiger partial charge in [0.1, 0.15) is 6.20 Å². The summed E-state index contributed by atoms with van der Waals surface area (Å²) in [6.07, 6.45) is 4.72. The van der Waals surface area contributed by atoms with Crippen LogP contribution in [-0.4, -0.2) is 15.8 Å². The second-order valence-electron chi connectivity index (χ2n) is 2.71. The van der Waals surface area contributed by atoms with Crippen LogP contribution in [0.3, 0.4) is 0 Å². The summed E-state index contributed by atoms with van der Waals surface area (Å²) in [5, 5.41) is 10.4. The minimum Gasteiger partial charge on any atom is -0.258 e. The monoisotopic (exact) mass is 212 g/mol. The summed E-state index contributed by atoms with van der Waals surface area (Å²) in [7, 11) is 0. The van der Waals surface area contributed by atoms with Gasteiger partial charge in [-0.3, -0.25) is 10.1 Å². The smallest absolute Gasteiger partial charge is 0.258 e. The number of pyridine rings is 1. The number of halogens is 1. The molecule has 0 fully saturated rings. The first-order valence-electron chi connectivity index (χ1n) is 3.98. The molecule has 0 atom stereocenters. The van der Waals surface area contributed by atoms with Crippen LogP contribution in [0.1, 0.15) is 11.3 Å². The number of allylic oxidation sites excluding steroid dienone is 1. The fraction of sp³-hybridized carbons (Fsp3) is 0.222. The summed E-state index contributed by atoms with van der Waals surface area (Å²) in [6, 6.07) is 1.49. The molecule has 0 unspecified atom stereocenters. The van der Waals surface area contributed by atoms with Gasteiger partial charge in [0.2, 0.25) is 0 Å². The Bertz CT molecular complexity index is 377. The molecule has 0 aliphatic heterocycles. The van der Waals surface area contributed by atoms with Crippen LogP contribution in [-0.2, 0) is 0 Å². The van der Waals surface area contributed by atoms with Gasteiger partial charge < -0.3 is 0 Å². The van der Waals surface area contributed by atoms with Crippen LogP contribution in [0.5, 0.6) is 0 Å². The number of rotatable bonds is 3. The highest BCUT2D eigenvalue weighted by atomic mass is 35.5. The number of nitro groups is 1. The van der Waals surface area contributed by atoms with Crippen molar-refractivity contribution in [1.29, 1.82) is 0 Å². The standard InChI is InChI=1S/C9H9ClN2O2/c1-7-5-8(12(13)14)6-11-9(7)3-2-4-10/h2-3,5-6H,4H2,1H3. The average Bonchev–Trinajstić information content (AvgIpc) is 2.15. The molecule has 1 heterocycles. The topological polar surface area (TPSA) is 56.0 Å². The van der Waals surface area contributed by atoms with E-state index in [-0.39, 0.29) is 5.69 Å². The summed E-state index contributed by atoms with van der Waals surface area (Å²) < 4.78 is 0. The van der Waals surface area contributed by atoms with Crippen LogP contribution in [0.2, 0.25) is 0 Å². The molecule has 0 radical (unpaired) electrons. The van der Waals surface area contributed by atoms with Gasteiger partial charge in [-0.2, -0.15) is 0 Å². The number of nitrogens with zero attached hydrogens (tertiary/aromatic N) is 2. The molecule has 0 spiro atoms. The first kappa shape index (κ1) is 10.7. The molecule has 0 aliphatic carbocycles. The lowest BCUT2D eigenvalue weighted by atomic mass is 10.2. The molecule has 14 heavy (non-hydrogen) atoms. The molecule has 0 amide bonds. The molecule has 0 bridgehead atoms. The van der Waals surface area contributed by atoms with Gasteiger partial charge in [0, 0.05) is 11.9 Å². The first-order valence-corrected chi connectivity index (χ1v) is 4.52. The Hall–Kier alpha value is -1.42. The maximum atomic E-state index is 10.4. The third-order valence-corrected chi connectivity index (χ3v) is 1.86. The summed E-state index contributed by atoms with van der Waals surface area (Å²) in [5.41, 5.74) is 1.47. The molecule has 74 valence electrons. The summed E-state index contributed by atoms with van der Waals surface area (Å²) in [5.74, 6) is 0.401. The molecule has 0 aromatic carbocycles. The number of hydrogen-bond donors (Lipinski definition) is 0. The molecular weight excluding hydrogens is 204 g/mol. The van der Waals surface area contributed by atoms with Gasteiger partial charge in [-0.05, 0) is 18.6 Å². The Morgan fingerprint density at radius 2 is 2.43 bits per heavy atom. The van der Waals surface area contributed by atoms with Gasteiger partial charge in [0.25, 0.3) is 5.69 Å². The predicted octanol–water partition coefficient (Wildman–Crippen LogP) is 2.55. The summed E-state index contributed by atoms with van der Waals surface area (Å²) >= 11 is 5.46. The van der Waals surface area contributed by atoms with Crippen LogP contribution in [0.15, 0.2) is 18.3 Å². The molecular formula is C9H9ClN2O2. The lowest BCUT2D eigenvalue weighted by Crippen LogP contribution is -1.93. The minimum atomic E-state index is -0.463. The highest BCUT2D eigenvalue weighted by Crippen LogP contribution is 2.15. The summed E-state index contributed by atoms with van der Waals surface area (Å²) in [4.78, 5) is 13.9. The SMILES string of the molecule is Cc1cc([N+](=O)[O-])cnc1C=CCCl. The van der Waals surface area contributed by atoms with Crippen molar-refractivity contribution in [2.75, 3.05) is 5.88 Å². The molecule has 1 aromatic heterocycles. The summed E-state index contributed by atoms with van der Waals surface area (Å²) in [6.45, 7) is 1.77. The van der Waals surface area contributed by atoms with Crippen molar-refractivity contribution in [3.63, 3.8) is 0 Å². The number of alkyl halides is 1. The van der Waals surface area contributed by atoms with Crippen LogP contribution < -0.4 is 0 Å². The maximum Gasteiger partial charge on any atom is 0.287 e. The highest BCUT2D eigenvalue weighted by Gasteiger charge is 2.07. The van der Waals surface area contributed by atoms with Crippen molar-refractivity contribution >= 4 is 23.4 Å². The first-order chi connectivity index (χ1) is 6.65. The molecule has 4 nitrogen and oxygen atoms in total. The third kappa shape index (κ3) is 2.53. The average molecular weight is 213 g/mol. The van der Waals surface area contributed by atoms with E-state index >= 15 is 0 Å². The van der Waals surface area contributed by atoms with Crippen molar-refractivity contribution in [1.82, 2.24) is 4.98 Å². The molecule has 0 saturated carbocycles. The second-order valence-corrected chi connectivity index (χ2v) is 3.02. The van der Waals surface area contributed by atoms with Gasteiger partial charge in [0.15, 0.2) is 0 Å². The number of aromatic nitrogens is 1. The lowest BCUT2D eigenvalue weighted by Gasteiger charge is -1.98. The molecule has 5 heteroatoms. The molecule has 1 rings (SSSR count). The van der Waals surface area contributed by atoms with E-state index in [1.54, 1.807) is 19.1 Å². The normalized spacial score (nSPS) is 10.7. The fourth-order valence-corrected chi connectivity index (χ4v) is 1.09. The van der Waals surface area contributed by atoms with Gasteiger partial charge >= 0.3 is 0 Å². The Morgan fingerprint density at radius 3 is 2.93 bits per heavy atom. The van der Waals surface area contributed by atoms with E-state index < -0.39 is 4.92 Å². The van der Waals surface area contributed by atoms with E-state index in [9.17, 15) is 10.1 Å². The van der Waals surface area contributed by atoms with E-state index in [0.717, 1.165) is 5.56 Å². The largest absolute Gasteiger partial charge is 0.287 e. The Labute approximate surface area is 86.4 Å². The zero-order valence-electron chi connectivity index (χ0n) is 7.61. The van der Waals surface area contributed by atoms with E-state index in [1.165, 1.54) is 12.3 Å². The van der Waals surface area contributed by atoms with E-state index in [0.29, 0.717) is 11.6 Å². The molecule has 0 aliphatic rings. The fourth-order valence-electron chi connectivity index (χ4n) is 1.00. The van der Waals surface area contributed by atoms with Crippen molar-refractivity contribution < 1.29 is 4.92 Å². The van der Waals surface area contributed by atoms with Crippen LogP contribution in [0.4, 0.5) is 5.69 Å². The van der Waals surface area contributed by atoms with Gasteiger partial charge in [-0.15, -0.1) is 11.6 Å². The predicted molar refractivity (Wildman–Crippen MR) is 55.4 cm³/mol. The van der Waals surface area contributed by atoms with Gasteiger partial charge in [0.05, 0.1) is 10.6 Å². The Balaban J connectivity index is 3.01. The van der Waals surface area contributed by atoms with E-state index in [2.05, 4.69) is 4.98 Å².